The fraction of sp³-hybridized carbons (Fsp3) is 0.833. The maximum atomic E-state index is 11.6. The highest BCUT2D eigenvalue weighted by Gasteiger charge is 2.22. The van der Waals surface area contributed by atoms with Gasteiger partial charge in [-0.3, -0.25) is 4.79 Å². The van der Waals surface area contributed by atoms with Crippen molar-refractivity contribution in [2.75, 3.05) is 26.9 Å². The summed E-state index contributed by atoms with van der Waals surface area (Å²) in [6, 6.07) is -0.692. The Kier molecular flexibility index (Phi) is 7.54. The van der Waals surface area contributed by atoms with E-state index in [0.29, 0.717) is 13.2 Å². The van der Waals surface area contributed by atoms with Gasteiger partial charge in [0.25, 0.3) is 0 Å². The lowest BCUT2D eigenvalue weighted by molar-refractivity contribution is -0.158. The van der Waals surface area contributed by atoms with Crippen LogP contribution in [0.5, 0.6) is 0 Å². The summed E-state index contributed by atoms with van der Waals surface area (Å²) in [5.74, 6) is -0.822. The molecule has 6 heteroatoms. The molecule has 0 bridgehead atoms. The topological polar surface area (TPSA) is 73.9 Å². The van der Waals surface area contributed by atoms with Crippen LogP contribution in [0.3, 0.4) is 0 Å². The summed E-state index contributed by atoms with van der Waals surface area (Å²) < 4.78 is 14.9. The third-order valence-corrected chi connectivity index (χ3v) is 1.80. The highest BCUT2D eigenvalue weighted by molar-refractivity contribution is 5.84. The molecular formula is C12H23NO5. The molecule has 0 spiro atoms. The molecular weight excluding hydrogens is 238 g/mol. The molecule has 0 aromatic carbocycles. The molecule has 18 heavy (non-hydrogen) atoms. The van der Waals surface area contributed by atoms with Gasteiger partial charge in [-0.2, -0.15) is 0 Å². The van der Waals surface area contributed by atoms with Crippen molar-refractivity contribution >= 4 is 11.9 Å². The van der Waals surface area contributed by atoms with Gasteiger partial charge in [0.15, 0.2) is 0 Å². The number of nitrogens with one attached hydrogen (secondary N) is 1. The van der Waals surface area contributed by atoms with Crippen molar-refractivity contribution in [3.05, 3.63) is 0 Å². The first-order valence-electron chi connectivity index (χ1n) is 5.85. The number of rotatable bonds is 7. The van der Waals surface area contributed by atoms with E-state index in [0.717, 1.165) is 0 Å². The van der Waals surface area contributed by atoms with Gasteiger partial charge in [-0.15, -0.1) is 0 Å². The van der Waals surface area contributed by atoms with Gasteiger partial charge in [0.05, 0.1) is 13.2 Å². The van der Waals surface area contributed by atoms with Crippen LogP contribution in [0.4, 0.5) is 0 Å². The normalized spacial score (nSPS) is 12.9. The first-order valence-corrected chi connectivity index (χ1v) is 5.85. The van der Waals surface area contributed by atoms with Gasteiger partial charge in [0.1, 0.15) is 18.2 Å². The van der Waals surface area contributed by atoms with Gasteiger partial charge in [0, 0.05) is 7.11 Å². The van der Waals surface area contributed by atoms with Crippen molar-refractivity contribution in [3.63, 3.8) is 0 Å². The molecule has 1 N–H and O–H groups in total. The van der Waals surface area contributed by atoms with E-state index in [4.69, 9.17) is 14.2 Å². The number of hydrogen-bond acceptors (Lipinski definition) is 5. The van der Waals surface area contributed by atoms with Crippen molar-refractivity contribution in [3.8, 4) is 0 Å². The van der Waals surface area contributed by atoms with Gasteiger partial charge in [-0.25, -0.2) is 4.79 Å². The molecule has 1 atom stereocenters. The monoisotopic (exact) mass is 261 g/mol. The van der Waals surface area contributed by atoms with Crippen molar-refractivity contribution in [2.45, 2.75) is 39.3 Å². The highest BCUT2D eigenvalue weighted by Crippen LogP contribution is 2.08. The van der Waals surface area contributed by atoms with Gasteiger partial charge >= 0.3 is 5.97 Å². The Labute approximate surface area is 108 Å². The van der Waals surface area contributed by atoms with E-state index < -0.39 is 17.6 Å². The van der Waals surface area contributed by atoms with Gasteiger partial charge < -0.3 is 19.5 Å². The lowest BCUT2D eigenvalue weighted by atomic mass is 10.2. The van der Waals surface area contributed by atoms with E-state index in [1.807, 2.05) is 0 Å². The van der Waals surface area contributed by atoms with Gasteiger partial charge in [-0.1, -0.05) is 0 Å². The summed E-state index contributed by atoms with van der Waals surface area (Å²) in [5.41, 5.74) is -0.564. The largest absolute Gasteiger partial charge is 0.458 e. The van der Waals surface area contributed by atoms with Gasteiger partial charge in [0.2, 0.25) is 5.91 Å². The summed E-state index contributed by atoms with van der Waals surface area (Å²) in [4.78, 5) is 23.0. The van der Waals surface area contributed by atoms with Crippen LogP contribution < -0.4 is 5.32 Å². The molecule has 0 saturated carbocycles. The Morgan fingerprint density at radius 2 is 1.83 bits per heavy atom. The molecule has 0 heterocycles. The van der Waals surface area contributed by atoms with Crippen molar-refractivity contribution in [1.82, 2.24) is 5.32 Å². The Hall–Kier alpha value is -1.14. The quantitative estimate of drug-likeness (QED) is 0.533. The van der Waals surface area contributed by atoms with E-state index >= 15 is 0 Å². The van der Waals surface area contributed by atoms with Crippen LogP contribution in [0.25, 0.3) is 0 Å². The Morgan fingerprint density at radius 3 is 2.33 bits per heavy atom. The zero-order chi connectivity index (χ0) is 14.2. The first-order chi connectivity index (χ1) is 8.26. The number of hydrogen-bond donors (Lipinski definition) is 1. The molecule has 6 nitrogen and oxygen atoms in total. The molecule has 0 radical (unpaired) electrons. The number of amides is 1. The highest BCUT2D eigenvalue weighted by atomic mass is 16.6. The Morgan fingerprint density at radius 1 is 1.22 bits per heavy atom. The van der Waals surface area contributed by atoms with E-state index in [2.05, 4.69) is 5.32 Å². The second-order valence-corrected chi connectivity index (χ2v) is 4.87. The molecule has 0 unspecified atom stereocenters. The summed E-state index contributed by atoms with van der Waals surface area (Å²) in [6.45, 7) is 7.55. The number of esters is 1. The van der Waals surface area contributed by atoms with Gasteiger partial charge in [-0.05, 0) is 27.7 Å². The van der Waals surface area contributed by atoms with E-state index in [9.17, 15) is 9.59 Å². The lowest BCUT2D eigenvalue weighted by Gasteiger charge is -2.22. The summed E-state index contributed by atoms with van der Waals surface area (Å²) in [7, 11) is 1.55. The Balaban J connectivity index is 3.89. The molecule has 0 saturated heterocycles. The molecule has 0 aromatic heterocycles. The molecule has 0 aliphatic carbocycles. The van der Waals surface area contributed by atoms with E-state index in [1.54, 1.807) is 34.8 Å². The van der Waals surface area contributed by atoms with Crippen LogP contribution in [0, 0.1) is 0 Å². The third-order valence-electron chi connectivity index (χ3n) is 1.80. The molecule has 0 fully saturated rings. The molecule has 106 valence electrons. The smallest absolute Gasteiger partial charge is 0.328 e. The first kappa shape index (κ1) is 16.9. The zero-order valence-electron chi connectivity index (χ0n) is 11.7. The summed E-state index contributed by atoms with van der Waals surface area (Å²) in [6.07, 6.45) is 0. The fourth-order valence-electron chi connectivity index (χ4n) is 1.04. The number of ether oxygens (including phenoxy) is 3. The minimum Gasteiger partial charge on any atom is -0.458 e. The van der Waals surface area contributed by atoms with Crippen LogP contribution in [-0.4, -0.2) is 50.4 Å². The maximum absolute atomic E-state index is 11.6. The molecule has 1 amide bonds. The molecule has 0 rings (SSSR count). The Bertz CT molecular complexity index is 272. The van der Waals surface area contributed by atoms with Crippen LogP contribution in [0.2, 0.25) is 0 Å². The lowest BCUT2D eigenvalue weighted by Crippen LogP contribution is -2.43. The zero-order valence-corrected chi connectivity index (χ0v) is 11.7. The fourth-order valence-corrected chi connectivity index (χ4v) is 1.04. The van der Waals surface area contributed by atoms with Crippen molar-refractivity contribution in [1.29, 1.82) is 0 Å². The molecule has 0 aliphatic heterocycles. The predicted octanol–water partition coefficient (Wildman–Crippen LogP) is 0.496. The standard InChI is InChI=1S/C12H23NO5/c1-9(11(15)18-12(2,3)4)13-10(14)8-17-7-6-16-5/h9H,6-8H2,1-5H3,(H,13,14)/t9-/m0/s1. The van der Waals surface area contributed by atoms with Crippen LogP contribution >= 0.6 is 0 Å². The SMILES string of the molecule is COCCOCC(=O)N[C@@H](C)C(=O)OC(C)(C)C. The number of methoxy groups -OCH3 is 1. The number of carbonyl (C=O) groups is 2. The predicted molar refractivity (Wildman–Crippen MR) is 66.1 cm³/mol. The molecule has 0 aromatic rings. The average Bonchev–Trinajstić information content (AvgIpc) is 2.22. The van der Waals surface area contributed by atoms with Crippen molar-refractivity contribution in [2.24, 2.45) is 0 Å². The van der Waals surface area contributed by atoms with E-state index in [1.165, 1.54) is 0 Å². The average molecular weight is 261 g/mol. The van der Waals surface area contributed by atoms with Crippen molar-refractivity contribution < 1.29 is 23.8 Å². The van der Waals surface area contributed by atoms with Crippen LogP contribution in [0.1, 0.15) is 27.7 Å². The summed E-state index contributed by atoms with van der Waals surface area (Å²) in [5, 5.41) is 2.50. The minimum absolute atomic E-state index is 0.101. The third kappa shape index (κ3) is 8.95. The van der Waals surface area contributed by atoms with Crippen LogP contribution in [0.15, 0.2) is 0 Å². The molecule has 0 aliphatic rings. The minimum atomic E-state index is -0.692. The second-order valence-electron chi connectivity index (χ2n) is 4.87. The summed E-state index contributed by atoms with van der Waals surface area (Å²) >= 11 is 0. The van der Waals surface area contributed by atoms with Crippen LogP contribution in [-0.2, 0) is 23.8 Å². The number of carbonyl (C=O) groups excluding carboxylic acids is 2. The van der Waals surface area contributed by atoms with E-state index in [-0.39, 0.29) is 12.5 Å². The maximum Gasteiger partial charge on any atom is 0.328 e. The second kappa shape index (κ2) is 8.05.